The summed E-state index contributed by atoms with van der Waals surface area (Å²) in [5.41, 5.74) is 3.23. The first-order chi connectivity index (χ1) is 13.9. The van der Waals surface area contributed by atoms with Crippen molar-refractivity contribution in [3.63, 3.8) is 0 Å². The molecule has 29 heavy (non-hydrogen) atoms. The van der Waals surface area contributed by atoms with Crippen LogP contribution >= 0.6 is 0 Å². The highest BCUT2D eigenvalue weighted by Gasteiger charge is 2.19. The predicted molar refractivity (Wildman–Crippen MR) is 115 cm³/mol. The van der Waals surface area contributed by atoms with Gasteiger partial charge in [-0.2, -0.15) is 0 Å². The standard InChI is InChI=1S/C23H32N2O4/c1-7-16-8-10-17(11-9-16)19(25(2)3)15-24-21(26)14-18-12-13-20(27-4)23(29-6)22(18)28-5/h8-13,19H,7,14-15H2,1-6H3,(H,24,26). The van der Waals surface area contributed by atoms with Gasteiger partial charge in [-0.3, -0.25) is 4.79 Å². The number of rotatable bonds is 10. The van der Waals surface area contributed by atoms with Crippen molar-refractivity contribution in [3.8, 4) is 17.2 Å². The molecule has 1 atom stereocenters. The largest absolute Gasteiger partial charge is 0.493 e. The van der Waals surface area contributed by atoms with Crippen LogP contribution in [0.15, 0.2) is 36.4 Å². The molecule has 0 aliphatic rings. The van der Waals surface area contributed by atoms with Gasteiger partial charge in [0.15, 0.2) is 11.5 Å². The molecule has 0 aliphatic heterocycles. The topological polar surface area (TPSA) is 60.0 Å². The Kier molecular flexibility index (Phi) is 8.34. The van der Waals surface area contributed by atoms with E-state index in [2.05, 4.69) is 41.4 Å². The van der Waals surface area contributed by atoms with E-state index in [1.807, 2.05) is 20.2 Å². The Morgan fingerprint density at radius 3 is 2.14 bits per heavy atom. The van der Waals surface area contributed by atoms with E-state index in [1.165, 1.54) is 11.1 Å². The molecule has 1 N–H and O–H groups in total. The summed E-state index contributed by atoms with van der Waals surface area (Å²) in [6.45, 7) is 2.66. The van der Waals surface area contributed by atoms with Crippen LogP contribution in [0.3, 0.4) is 0 Å². The van der Waals surface area contributed by atoms with Crippen LogP contribution in [0.1, 0.15) is 29.7 Å². The monoisotopic (exact) mass is 400 g/mol. The minimum Gasteiger partial charge on any atom is -0.493 e. The summed E-state index contributed by atoms with van der Waals surface area (Å²) in [5.74, 6) is 1.49. The van der Waals surface area contributed by atoms with Gasteiger partial charge in [0.2, 0.25) is 11.7 Å². The lowest BCUT2D eigenvalue weighted by Crippen LogP contribution is -2.35. The highest BCUT2D eigenvalue weighted by molar-refractivity contribution is 5.80. The Labute approximate surface area is 173 Å². The van der Waals surface area contributed by atoms with Crippen LogP contribution in [0.4, 0.5) is 0 Å². The summed E-state index contributed by atoms with van der Waals surface area (Å²) in [6, 6.07) is 12.2. The molecule has 0 fully saturated rings. The van der Waals surface area contributed by atoms with Gasteiger partial charge in [0.05, 0.1) is 33.8 Å². The molecule has 1 unspecified atom stereocenters. The second-order valence-corrected chi connectivity index (χ2v) is 7.05. The third-order valence-corrected chi connectivity index (χ3v) is 5.03. The zero-order valence-corrected chi connectivity index (χ0v) is 18.2. The normalized spacial score (nSPS) is 11.8. The molecular weight excluding hydrogens is 368 g/mol. The summed E-state index contributed by atoms with van der Waals surface area (Å²) in [5, 5.41) is 3.05. The van der Waals surface area contributed by atoms with Crippen molar-refractivity contribution in [2.45, 2.75) is 25.8 Å². The zero-order valence-electron chi connectivity index (χ0n) is 18.2. The fourth-order valence-electron chi connectivity index (χ4n) is 3.32. The lowest BCUT2D eigenvalue weighted by Gasteiger charge is -2.25. The number of ether oxygens (including phenoxy) is 3. The average molecular weight is 401 g/mol. The fraction of sp³-hybridized carbons (Fsp3) is 0.435. The van der Waals surface area contributed by atoms with Crippen LogP contribution in [0.25, 0.3) is 0 Å². The molecule has 2 rings (SSSR count). The molecule has 0 saturated carbocycles. The molecule has 6 heteroatoms. The van der Waals surface area contributed by atoms with E-state index in [-0.39, 0.29) is 18.4 Å². The first-order valence-electron chi connectivity index (χ1n) is 9.74. The molecule has 2 aromatic rings. The van der Waals surface area contributed by atoms with Gasteiger partial charge >= 0.3 is 0 Å². The number of carbonyl (C=O) groups excluding carboxylic acids is 1. The molecule has 1 amide bonds. The summed E-state index contributed by atoms with van der Waals surface area (Å²) >= 11 is 0. The van der Waals surface area contributed by atoms with Gasteiger partial charge in [-0.05, 0) is 37.7 Å². The molecule has 0 radical (unpaired) electrons. The maximum atomic E-state index is 12.6. The van der Waals surface area contributed by atoms with E-state index in [0.29, 0.717) is 23.8 Å². The zero-order chi connectivity index (χ0) is 21.4. The number of amides is 1. The van der Waals surface area contributed by atoms with Crippen molar-refractivity contribution < 1.29 is 19.0 Å². The van der Waals surface area contributed by atoms with Crippen molar-refractivity contribution in [3.05, 3.63) is 53.1 Å². The Morgan fingerprint density at radius 1 is 0.966 bits per heavy atom. The number of hydrogen-bond donors (Lipinski definition) is 1. The summed E-state index contributed by atoms with van der Waals surface area (Å²) in [7, 11) is 8.71. The SMILES string of the molecule is CCc1ccc(C(CNC(=O)Cc2ccc(OC)c(OC)c2OC)N(C)C)cc1. The van der Waals surface area contributed by atoms with Crippen molar-refractivity contribution in [1.82, 2.24) is 10.2 Å². The van der Waals surface area contributed by atoms with Crippen LogP contribution in [0.2, 0.25) is 0 Å². The molecule has 2 aromatic carbocycles. The van der Waals surface area contributed by atoms with Crippen LogP contribution in [0, 0.1) is 0 Å². The molecule has 0 heterocycles. The minimum atomic E-state index is -0.0763. The minimum absolute atomic E-state index is 0.0763. The van der Waals surface area contributed by atoms with Gasteiger partial charge in [-0.15, -0.1) is 0 Å². The van der Waals surface area contributed by atoms with Gasteiger partial charge in [0.1, 0.15) is 0 Å². The molecule has 0 bridgehead atoms. The maximum Gasteiger partial charge on any atom is 0.224 e. The Balaban J connectivity index is 2.09. The van der Waals surface area contributed by atoms with Crippen LogP contribution < -0.4 is 19.5 Å². The van der Waals surface area contributed by atoms with E-state index in [9.17, 15) is 4.79 Å². The van der Waals surface area contributed by atoms with Gasteiger partial charge in [0.25, 0.3) is 0 Å². The number of aryl methyl sites for hydroxylation is 1. The Bertz CT molecular complexity index is 803. The number of carbonyl (C=O) groups is 1. The third-order valence-electron chi connectivity index (χ3n) is 5.03. The Hall–Kier alpha value is -2.73. The van der Waals surface area contributed by atoms with E-state index in [0.717, 1.165) is 12.0 Å². The highest BCUT2D eigenvalue weighted by atomic mass is 16.5. The highest BCUT2D eigenvalue weighted by Crippen LogP contribution is 2.39. The molecular formula is C23H32N2O4. The lowest BCUT2D eigenvalue weighted by atomic mass is 10.0. The van der Waals surface area contributed by atoms with Gasteiger partial charge in [0, 0.05) is 12.1 Å². The van der Waals surface area contributed by atoms with E-state index >= 15 is 0 Å². The Morgan fingerprint density at radius 2 is 1.62 bits per heavy atom. The second kappa shape index (κ2) is 10.7. The van der Waals surface area contributed by atoms with Gasteiger partial charge in [-0.25, -0.2) is 0 Å². The molecule has 6 nitrogen and oxygen atoms in total. The number of nitrogens with zero attached hydrogens (tertiary/aromatic N) is 1. The van der Waals surface area contributed by atoms with Gasteiger partial charge < -0.3 is 24.4 Å². The van der Waals surface area contributed by atoms with Gasteiger partial charge in [-0.1, -0.05) is 37.3 Å². The number of benzene rings is 2. The smallest absolute Gasteiger partial charge is 0.224 e. The maximum absolute atomic E-state index is 12.6. The quantitative estimate of drug-likeness (QED) is 0.664. The first-order valence-corrected chi connectivity index (χ1v) is 9.74. The molecule has 0 aliphatic carbocycles. The van der Waals surface area contributed by atoms with E-state index in [4.69, 9.17) is 14.2 Å². The van der Waals surface area contributed by atoms with Crippen LogP contribution in [-0.4, -0.2) is 52.8 Å². The van der Waals surface area contributed by atoms with Crippen LogP contribution in [-0.2, 0) is 17.6 Å². The molecule has 158 valence electrons. The second-order valence-electron chi connectivity index (χ2n) is 7.05. The predicted octanol–water partition coefficient (Wildman–Crippen LogP) is 3.24. The molecule has 0 saturated heterocycles. The summed E-state index contributed by atoms with van der Waals surface area (Å²) in [4.78, 5) is 14.7. The van der Waals surface area contributed by atoms with Crippen molar-refractivity contribution >= 4 is 5.91 Å². The van der Waals surface area contributed by atoms with Crippen molar-refractivity contribution in [2.24, 2.45) is 0 Å². The molecule has 0 aromatic heterocycles. The lowest BCUT2D eigenvalue weighted by molar-refractivity contribution is -0.120. The van der Waals surface area contributed by atoms with E-state index in [1.54, 1.807) is 27.4 Å². The van der Waals surface area contributed by atoms with Crippen molar-refractivity contribution in [1.29, 1.82) is 0 Å². The molecule has 0 spiro atoms. The fourth-order valence-corrected chi connectivity index (χ4v) is 3.32. The van der Waals surface area contributed by atoms with E-state index < -0.39 is 0 Å². The number of methoxy groups -OCH3 is 3. The summed E-state index contributed by atoms with van der Waals surface area (Å²) in [6.07, 6.45) is 1.20. The number of nitrogens with one attached hydrogen (secondary N) is 1. The third kappa shape index (κ3) is 5.64. The summed E-state index contributed by atoms with van der Waals surface area (Å²) < 4.78 is 16.2. The first kappa shape index (κ1) is 22.6. The van der Waals surface area contributed by atoms with Crippen molar-refractivity contribution in [2.75, 3.05) is 42.0 Å². The number of likely N-dealkylation sites (N-methyl/N-ethyl adjacent to an activating group) is 1. The number of hydrogen-bond acceptors (Lipinski definition) is 5. The van der Waals surface area contributed by atoms with Crippen LogP contribution in [0.5, 0.6) is 17.2 Å². The average Bonchev–Trinajstić information content (AvgIpc) is 2.73.